The zero-order valence-electron chi connectivity index (χ0n) is 14.9. The first-order valence-corrected chi connectivity index (χ1v) is 8.34. The number of likely N-dealkylation sites (N-methyl/N-ethyl adjacent to an activating group) is 1. The van der Waals surface area contributed by atoms with Crippen LogP contribution < -0.4 is 0 Å². The highest BCUT2D eigenvalue weighted by molar-refractivity contribution is 5.82. The smallest absolute Gasteiger partial charge is 0.242 e. The Balaban J connectivity index is 1.86. The number of carbonyl (C=O) groups is 1. The van der Waals surface area contributed by atoms with E-state index in [0.29, 0.717) is 12.4 Å². The molecule has 0 fully saturated rings. The summed E-state index contributed by atoms with van der Waals surface area (Å²) in [4.78, 5) is 18.8. The Hall–Kier alpha value is -2.66. The fraction of sp³-hybridized carbons (Fsp3) is 0.300. The third-order valence-corrected chi connectivity index (χ3v) is 4.57. The number of aromatic nitrogens is 2. The van der Waals surface area contributed by atoms with Gasteiger partial charge in [0.2, 0.25) is 5.91 Å². The van der Waals surface area contributed by atoms with E-state index in [-0.39, 0.29) is 19.1 Å². The number of rotatable bonds is 5. The van der Waals surface area contributed by atoms with E-state index in [1.807, 2.05) is 60.9 Å². The molecule has 0 spiro atoms. The summed E-state index contributed by atoms with van der Waals surface area (Å²) in [6.45, 7) is 4.60. The molecule has 1 heterocycles. The van der Waals surface area contributed by atoms with E-state index in [9.17, 15) is 9.90 Å². The maximum absolute atomic E-state index is 12.7. The summed E-state index contributed by atoms with van der Waals surface area (Å²) in [6, 6.07) is 13.9. The minimum Gasteiger partial charge on any atom is -0.388 e. The van der Waals surface area contributed by atoms with Crippen LogP contribution in [0.4, 0.5) is 0 Å². The molecule has 0 saturated heterocycles. The fourth-order valence-corrected chi connectivity index (χ4v) is 2.93. The van der Waals surface area contributed by atoms with Crippen LogP contribution in [0.2, 0.25) is 0 Å². The van der Waals surface area contributed by atoms with Crippen molar-refractivity contribution in [1.82, 2.24) is 14.5 Å². The van der Waals surface area contributed by atoms with E-state index in [4.69, 9.17) is 0 Å². The molecule has 0 unspecified atom stereocenters. The number of fused-ring (bicyclic) bond motifs is 1. The van der Waals surface area contributed by atoms with E-state index in [2.05, 4.69) is 4.98 Å². The van der Waals surface area contributed by atoms with Gasteiger partial charge < -0.3 is 14.6 Å². The van der Waals surface area contributed by atoms with Gasteiger partial charge in [-0.25, -0.2) is 4.98 Å². The lowest BCUT2D eigenvalue weighted by molar-refractivity contribution is -0.131. The molecule has 0 bridgehead atoms. The topological polar surface area (TPSA) is 58.4 Å². The number of hydrogen-bond acceptors (Lipinski definition) is 3. The van der Waals surface area contributed by atoms with Crippen molar-refractivity contribution in [3.63, 3.8) is 0 Å². The zero-order chi connectivity index (χ0) is 18.0. The van der Waals surface area contributed by atoms with E-state index < -0.39 is 0 Å². The minimum absolute atomic E-state index is 0.0175. The average Bonchev–Trinajstić information content (AvgIpc) is 2.93. The molecule has 5 heteroatoms. The molecule has 1 aromatic heterocycles. The van der Waals surface area contributed by atoms with Crippen molar-refractivity contribution in [2.75, 3.05) is 7.05 Å². The molecule has 0 aliphatic heterocycles. The van der Waals surface area contributed by atoms with Gasteiger partial charge in [-0.1, -0.05) is 30.3 Å². The molecule has 1 N–H and O–H groups in total. The van der Waals surface area contributed by atoms with Gasteiger partial charge in [-0.15, -0.1) is 0 Å². The molecule has 0 saturated carbocycles. The molecule has 2 aromatic carbocycles. The highest BCUT2D eigenvalue weighted by Gasteiger charge is 2.16. The summed E-state index contributed by atoms with van der Waals surface area (Å²) < 4.78 is 1.81. The molecule has 0 aliphatic rings. The number of aryl methyl sites for hydroxylation is 2. The van der Waals surface area contributed by atoms with Gasteiger partial charge in [0.15, 0.2) is 0 Å². The van der Waals surface area contributed by atoms with E-state index in [0.717, 1.165) is 27.7 Å². The SMILES string of the molecule is Cc1cc2nc(CO)n(CC(=O)N(C)Cc3ccccc3)c2cc1C. The quantitative estimate of drug-likeness (QED) is 0.779. The molecule has 130 valence electrons. The number of benzene rings is 2. The predicted octanol–water partition coefficient (Wildman–Crippen LogP) is 2.80. The van der Waals surface area contributed by atoms with E-state index in [1.54, 1.807) is 11.9 Å². The normalized spacial score (nSPS) is 11.0. The Bertz CT molecular complexity index is 900. The zero-order valence-corrected chi connectivity index (χ0v) is 14.9. The molecule has 1 amide bonds. The van der Waals surface area contributed by atoms with Crippen LogP contribution in [0.3, 0.4) is 0 Å². The standard InChI is InChI=1S/C20H23N3O2/c1-14-9-17-18(10-15(14)2)23(19(13-24)21-17)12-20(25)22(3)11-16-7-5-4-6-8-16/h4-10,24H,11-13H2,1-3H3. The van der Waals surface area contributed by atoms with Gasteiger partial charge >= 0.3 is 0 Å². The number of aliphatic hydroxyl groups excluding tert-OH is 1. The highest BCUT2D eigenvalue weighted by atomic mass is 16.3. The number of nitrogens with zero attached hydrogens (tertiary/aromatic N) is 3. The van der Waals surface area contributed by atoms with Crippen LogP contribution in [-0.4, -0.2) is 32.5 Å². The first-order chi connectivity index (χ1) is 12.0. The van der Waals surface area contributed by atoms with Gasteiger partial charge in [-0.05, 0) is 42.7 Å². The first-order valence-electron chi connectivity index (χ1n) is 8.34. The Kier molecular flexibility index (Phi) is 4.86. The van der Waals surface area contributed by atoms with Crippen molar-refractivity contribution in [1.29, 1.82) is 0 Å². The third-order valence-electron chi connectivity index (χ3n) is 4.57. The molecule has 0 radical (unpaired) electrons. The lowest BCUT2D eigenvalue weighted by Crippen LogP contribution is -2.30. The van der Waals surface area contributed by atoms with Crippen molar-refractivity contribution in [3.05, 3.63) is 65.0 Å². The molecule has 0 atom stereocenters. The molecule has 3 aromatic rings. The second-order valence-electron chi connectivity index (χ2n) is 6.43. The number of carbonyl (C=O) groups excluding carboxylic acids is 1. The average molecular weight is 337 g/mol. The summed E-state index contributed by atoms with van der Waals surface area (Å²) in [6.07, 6.45) is 0. The van der Waals surface area contributed by atoms with Crippen molar-refractivity contribution < 1.29 is 9.90 Å². The second kappa shape index (κ2) is 7.07. The Labute approximate surface area is 147 Å². The Morgan fingerprint density at radius 3 is 2.52 bits per heavy atom. The number of imidazole rings is 1. The number of aliphatic hydroxyl groups is 1. The maximum Gasteiger partial charge on any atom is 0.242 e. The van der Waals surface area contributed by atoms with Gasteiger partial charge in [0, 0.05) is 13.6 Å². The van der Waals surface area contributed by atoms with Crippen molar-refractivity contribution in [2.24, 2.45) is 0 Å². The van der Waals surface area contributed by atoms with Crippen molar-refractivity contribution in [3.8, 4) is 0 Å². The summed E-state index contributed by atoms with van der Waals surface area (Å²) in [5.74, 6) is 0.498. The first kappa shape index (κ1) is 17.2. The summed E-state index contributed by atoms with van der Waals surface area (Å²) >= 11 is 0. The van der Waals surface area contributed by atoms with Crippen LogP contribution >= 0.6 is 0 Å². The van der Waals surface area contributed by atoms with Crippen LogP contribution in [0, 0.1) is 13.8 Å². The summed E-state index contributed by atoms with van der Waals surface area (Å²) in [5.41, 5.74) is 5.07. The fourth-order valence-electron chi connectivity index (χ4n) is 2.93. The van der Waals surface area contributed by atoms with Gasteiger partial charge in [0.1, 0.15) is 19.0 Å². The van der Waals surface area contributed by atoms with Gasteiger partial charge in [0.25, 0.3) is 0 Å². The molecule has 0 aliphatic carbocycles. The monoisotopic (exact) mass is 337 g/mol. The molecule has 5 nitrogen and oxygen atoms in total. The van der Waals surface area contributed by atoms with Gasteiger partial charge in [-0.3, -0.25) is 4.79 Å². The van der Waals surface area contributed by atoms with Crippen LogP contribution in [0.5, 0.6) is 0 Å². The second-order valence-corrected chi connectivity index (χ2v) is 6.43. The van der Waals surface area contributed by atoms with E-state index >= 15 is 0 Å². The van der Waals surface area contributed by atoms with Crippen LogP contribution in [0.25, 0.3) is 11.0 Å². The lowest BCUT2D eigenvalue weighted by atomic mass is 10.1. The lowest BCUT2D eigenvalue weighted by Gasteiger charge is -2.18. The Morgan fingerprint density at radius 1 is 1.16 bits per heavy atom. The van der Waals surface area contributed by atoms with Crippen LogP contribution in [-0.2, 0) is 24.5 Å². The summed E-state index contributed by atoms with van der Waals surface area (Å²) in [5, 5.41) is 9.64. The molecular weight excluding hydrogens is 314 g/mol. The molecule has 3 rings (SSSR count). The van der Waals surface area contributed by atoms with Gasteiger partial charge in [-0.2, -0.15) is 0 Å². The minimum atomic E-state index is -0.192. The van der Waals surface area contributed by atoms with E-state index in [1.165, 1.54) is 0 Å². The van der Waals surface area contributed by atoms with Gasteiger partial charge in [0.05, 0.1) is 11.0 Å². The third kappa shape index (κ3) is 3.56. The number of amides is 1. The highest BCUT2D eigenvalue weighted by Crippen LogP contribution is 2.21. The predicted molar refractivity (Wildman–Crippen MR) is 98.0 cm³/mol. The van der Waals surface area contributed by atoms with Crippen LogP contribution in [0.1, 0.15) is 22.5 Å². The largest absolute Gasteiger partial charge is 0.388 e. The van der Waals surface area contributed by atoms with Crippen molar-refractivity contribution >= 4 is 16.9 Å². The number of hydrogen-bond donors (Lipinski definition) is 1. The van der Waals surface area contributed by atoms with Crippen molar-refractivity contribution in [2.45, 2.75) is 33.5 Å². The maximum atomic E-state index is 12.7. The summed E-state index contributed by atoms with van der Waals surface area (Å²) in [7, 11) is 1.79. The molecule has 25 heavy (non-hydrogen) atoms. The molecular formula is C20H23N3O2. The van der Waals surface area contributed by atoms with Crippen LogP contribution in [0.15, 0.2) is 42.5 Å². The Morgan fingerprint density at radius 2 is 1.84 bits per heavy atom.